The third-order valence-electron chi connectivity index (χ3n) is 4.89. The molecule has 1 aliphatic carbocycles. The number of rotatable bonds is 3. The number of carbonyl (C=O) groups is 1. The van der Waals surface area contributed by atoms with Crippen LogP contribution in [0.25, 0.3) is 10.9 Å². The highest BCUT2D eigenvalue weighted by atomic mass is 16.1. The zero-order valence-electron chi connectivity index (χ0n) is 15.3. The molecule has 1 saturated carbocycles. The average Bonchev–Trinajstić information content (AvgIpc) is 3.00. The molecule has 0 spiro atoms. The van der Waals surface area contributed by atoms with Gasteiger partial charge in [0.2, 0.25) is 0 Å². The Morgan fingerprint density at radius 2 is 1.65 bits per heavy atom. The zero-order valence-corrected chi connectivity index (χ0v) is 15.3. The van der Waals surface area contributed by atoms with Gasteiger partial charge in [-0.05, 0) is 38.0 Å². The summed E-state index contributed by atoms with van der Waals surface area (Å²) in [5.41, 5.74) is 8.91. The molecule has 0 atom stereocenters. The van der Waals surface area contributed by atoms with Crippen molar-refractivity contribution in [3.8, 4) is 0 Å². The van der Waals surface area contributed by atoms with E-state index in [0.717, 1.165) is 22.6 Å². The monoisotopic (exact) mass is 349 g/mol. The Kier molecular flexibility index (Phi) is 5.95. The molecule has 0 radical (unpaired) electrons. The maximum absolute atomic E-state index is 11.1. The van der Waals surface area contributed by atoms with Gasteiger partial charge in [0.1, 0.15) is 0 Å². The Labute approximate surface area is 154 Å². The number of benzene rings is 2. The summed E-state index contributed by atoms with van der Waals surface area (Å²) in [6.45, 7) is 1.85. The van der Waals surface area contributed by atoms with Crippen LogP contribution in [-0.2, 0) is 0 Å². The molecule has 0 aliphatic heterocycles. The van der Waals surface area contributed by atoms with Crippen LogP contribution in [-0.4, -0.2) is 16.9 Å². The Hall–Kier alpha value is -2.75. The standard InChI is InChI=1S/C12H17N.C10H10N2O/c1-3-7-11(8-4-1)13-12-9-5-2-6-10-12;1-6-9(10(11)13)7-4-2-3-5-8(7)12-6/h1,3-4,7-8,12-13H,2,5-6,9-10H2;2-5,12H,1H3,(H2,11,13). The van der Waals surface area contributed by atoms with Crippen molar-refractivity contribution in [3.05, 3.63) is 65.9 Å². The molecule has 1 amide bonds. The molecule has 1 aliphatic rings. The lowest BCUT2D eigenvalue weighted by Gasteiger charge is -2.23. The number of carbonyl (C=O) groups excluding carboxylic acids is 1. The number of para-hydroxylation sites is 2. The minimum atomic E-state index is -0.380. The fraction of sp³-hybridized carbons (Fsp3) is 0.318. The normalized spacial score (nSPS) is 14.5. The van der Waals surface area contributed by atoms with Gasteiger partial charge >= 0.3 is 0 Å². The first kappa shape index (κ1) is 18.1. The SMILES string of the molecule is Cc1[nH]c2ccccc2c1C(N)=O.c1ccc(NC2CCCCC2)cc1. The van der Waals surface area contributed by atoms with E-state index in [-0.39, 0.29) is 5.91 Å². The van der Waals surface area contributed by atoms with Crippen LogP contribution in [0.15, 0.2) is 54.6 Å². The van der Waals surface area contributed by atoms with E-state index in [9.17, 15) is 4.79 Å². The molecule has 3 aromatic rings. The van der Waals surface area contributed by atoms with E-state index in [0.29, 0.717) is 5.56 Å². The van der Waals surface area contributed by atoms with Crippen LogP contribution < -0.4 is 11.1 Å². The van der Waals surface area contributed by atoms with Gasteiger partial charge in [-0.15, -0.1) is 0 Å². The van der Waals surface area contributed by atoms with E-state index in [1.165, 1.54) is 37.8 Å². The highest BCUT2D eigenvalue weighted by molar-refractivity contribution is 6.07. The predicted octanol–water partition coefficient (Wildman–Crippen LogP) is 5.01. The van der Waals surface area contributed by atoms with E-state index < -0.39 is 0 Å². The molecule has 2 aromatic carbocycles. The lowest BCUT2D eigenvalue weighted by atomic mass is 9.95. The smallest absolute Gasteiger partial charge is 0.251 e. The first-order valence-electron chi connectivity index (χ1n) is 9.34. The van der Waals surface area contributed by atoms with Gasteiger partial charge in [-0.1, -0.05) is 55.7 Å². The largest absolute Gasteiger partial charge is 0.382 e. The summed E-state index contributed by atoms with van der Waals surface area (Å²) in [5, 5.41) is 4.48. The molecule has 4 rings (SSSR count). The highest BCUT2D eigenvalue weighted by Crippen LogP contribution is 2.21. The van der Waals surface area contributed by atoms with E-state index in [2.05, 4.69) is 40.6 Å². The molecule has 0 bridgehead atoms. The van der Waals surface area contributed by atoms with Crippen molar-refractivity contribution >= 4 is 22.5 Å². The number of nitrogens with two attached hydrogens (primary N) is 1. The second-order valence-electron chi connectivity index (χ2n) is 6.88. The molecular formula is C22H27N3O. The third-order valence-corrected chi connectivity index (χ3v) is 4.89. The summed E-state index contributed by atoms with van der Waals surface area (Å²) >= 11 is 0. The topological polar surface area (TPSA) is 70.9 Å². The fourth-order valence-electron chi connectivity index (χ4n) is 3.61. The van der Waals surface area contributed by atoms with E-state index >= 15 is 0 Å². The summed E-state index contributed by atoms with van der Waals surface area (Å²) in [7, 11) is 0. The van der Waals surface area contributed by atoms with Crippen LogP contribution in [0.2, 0.25) is 0 Å². The first-order chi connectivity index (χ1) is 12.6. The van der Waals surface area contributed by atoms with Gasteiger partial charge in [0, 0.05) is 28.3 Å². The molecule has 0 saturated heterocycles. The number of hydrogen-bond acceptors (Lipinski definition) is 2. The van der Waals surface area contributed by atoms with Crippen LogP contribution >= 0.6 is 0 Å². The second-order valence-corrected chi connectivity index (χ2v) is 6.88. The second kappa shape index (κ2) is 8.56. The van der Waals surface area contributed by atoms with Crippen molar-refractivity contribution in [2.75, 3.05) is 5.32 Å². The van der Waals surface area contributed by atoms with Gasteiger partial charge in [0.05, 0.1) is 5.56 Å². The number of aromatic nitrogens is 1. The predicted molar refractivity (Wildman–Crippen MR) is 108 cm³/mol. The van der Waals surface area contributed by atoms with Gasteiger partial charge in [0.25, 0.3) is 5.91 Å². The summed E-state index contributed by atoms with van der Waals surface area (Å²) in [6.07, 6.45) is 6.89. The van der Waals surface area contributed by atoms with Crippen molar-refractivity contribution in [1.82, 2.24) is 4.98 Å². The minimum absolute atomic E-state index is 0.380. The lowest BCUT2D eigenvalue weighted by Crippen LogP contribution is -2.21. The molecule has 1 heterocycles. The zero-order chi connectivity index (χ0) is 18.4. The average molecular weight is 349 g/mol. The summed E-state index contributed by atoms with van der Waals surface area (Å²) < 4.78 is 0. The van der Waals surface area contributed by atoms with E-state index in [1.807, 2.05) is 31.2 Å². The summed E-state index contributed by atoms with van der Waals surface area (Å²) in [4.78, 5) is 14.2. The number of fused-ring (bicyclic) bond motifs is 1. The van der Waals surface area contributed by atoms with E-state index in [4.69, 9.17) is 5.73 Å². The number of primary amides is 1. The Morgan fingerprint density at radius 3 is 2.35 bits per heavy atom. The number of amides is 1. The number of aryl methyl sites for hydroxylation is 1. The van der Waals surface area contributed by atoms with Gasteiger partial charge in [-0.2, -0.15) is 0 Å². The Bertz CT molecular complexity index is 848. The summed E-state index contributed by atoms with van der Waals surface area (Å²) in [6, 6.07) is 18.9. The quantitative estimate of drug-likeness (QED) is 0.622. The van der Waals surface area contributed by atoms with Gasteiger partial charge < -0.3 is 16.0 Å². The molecule has 136 valence electrons. The summed E-state index contributed by atoms with van der Waals surface area (Å²) in [5.74, 6) is -0.380. The lowest BCUT2D eigenvalue weighted by molar-refractivity contribution is 0.100. The van der Waals surface area contributed by atoms with Crippen molar-refractivity contribution in [3.63, 3.8) is 0 Å². The van der Waals surface area contributed by atoms with E-state index in [1.54, 1.807) is 0 Å². The van der Waals surface area contributed by atoms with Gasteiger partial charge in [-0.25, -0.2) is 0 Å². The molecule has 4 N–H and O–H groups in total. The number of aromatic amines is 1. The van der Waals surface area contributed by atoms with Crippen LogP contribution in [0.1, 0.15) is 48.2 Å². The molecule has 4 nitrogen and oxygen atoms in total. The van der Waals surface area contributed by atoms with Crippen LogP contribution in [0.5, 0.6) is 0 Å². The van der Waals surface area contributed by atoms with Crippen molar-refractivity contribution in [1.29, 1.82) is 0 Å². The van der Waals surface area contributed by atoms with Crippen molar-refractivity contribution in [2.45, 2.75) is 45.1 Å². The van der Waals surface area contributed by atoms with Crippen molar-refractivity contribution in [2.24, 2.45) is 5.73 Å². The first-order valence-corrected chi connectivity index (χ1v) is 9.34. The van der Waals surface area contributed by atoms with Crippen LogP contribution in [0.4, 0.5) is 5.69 Å². The number of anilines is 1. The number of nitrogens with one attached hydrogen (secondary N) is 2. The molecule has 1 aromatic heterocycles. The van der Waals surface area contributed by atoms with Crippen LogP contribution in [0.3, 0.4) is 0 Å². The maximum Gasteiger partial charge on any atom is 0.251 e. The molecule has 26 heavy (non-hydrogen) atoms. The van der Waals surface area contributed by atoms with Gasteiger partial charge in [0.15, 0.2) is 0 Å². The minimum Gasteiger partial charge on any atom is -0.382 e. The Balaban J connectivity index is 0.000000151. The molecule has 1 fully saturated rings. The van der Waals surface area contributed by atoms with Gasteiger partial charge in [-0.3, -0.25) is 4.79 Å². The fourth-order valence-corrected chi connectivity index (χ4v) is 3.61. The number of hydrogen-bond donors (Lipinski definition) is 3. The highest BCUT2D eigenvalue weighted by Gasteiger charge is 2.12. The Morgan fingerprint density at radius 1 is 1.00 bits per heavy atom. The van der Waals surface area contributed by atoms with Crippen molar-refractivity contribution < 1.29 is 4.79 Å². The maximum atomic E-state index is 11.1. The van der Waals surface area contributed by atoms with Crippen LogP contribution in [0, 0.1) is 6.92 Å². The molecule has 0 unspecified atom stereocenters. The number of H-pyrrole nitrogens is 1. The molecule has 4 heteroatoms. The third kappa shape index (κ3) is 4.45. The molecular weight excluding hydrogens is 322 g/mol.